The second-order valence-corrected chi connectivity index (χ2v) is 7.14. The molecule has 5 heteroatoms. The third-order valence-corrected chi connectivity index (χ3v) is 5.95. The second kappa shape index (κ2) is 4.40. The van der Waals surface area contributed by atoms with E-state index in [-0.39, 0.29) is 5.41 Å². The van der Waals surface area contributed by atoms with E-state index in [4.69, 9.17) is 4.98 Å². The van der Waals surface area contributed by atoms with Gasteiger partial charge in [0.2, 0.25) is 0 Å². The number of anilines is 1. The molecule has 1 aliphatic carbocycles. The van der Waals surface area contributed by atoms with Gasteiger partial charge in [0, 0.05) is 18.5 Å². The van der Waals surface area contributed by atoms with Crippen molar-refractivity contribution in [3.05, 3.63) is 17.3 Å². The number of aliphatic hydroxyl groups is 1. The largest absolute Gasteiger partial charge is 0.396 e. The Hall–Kier alpha value is -1.20. The lowest BCUT2D eigenvalue weighted by Gasteiger charge is -2.26. The van der Waals surface area contributed by atoms with Gasteiger partial charge in [0.05, 0.1) is 16.8 Å². The molecule has 0 bridgehead atoms. The van der Waals surface area contributed by atoms with Crippen LogP contribution in [0.5, 0.6) is 0 Å². The molecule has 106 valence electrons. The van der Waals surface area contributed by atoms with E-state index in [1.54, 1.807) is 11.3 Å². The molecule has 0 aromatic carbocycles. The van der Waals surface area contributed by atoms with Crippen LogP contribution in [0.25, 0.3) is 10.2 Å². The number of nitrogens with zero attached hydrogens (tertiary/aromatic N) is 3. The molecule has 1 N–H and O–H groups in total. The molecule has 3 heterocycles. The topological polar surface area (TPSA) is 49.2 Å². The van der Waals surface area contributed by atoms with Gasteiger partial charge in [0.25, 0.3) is 0 Å². The summed E-state index contributed by atoms with van der Waals surface area (Å²) in [6.07, 6.45) is 3.66. The molecule has 0 unspecified atom stereocenters. The minimum atomic E-state index is 0.114. The van der Waals surface area contributed by atoms with Crippen molar-refractivity contribution in [1.29, 1.82) is 0 Å². The Labute approximate surface area is 122 Å². The number of rotatable bonds is 2. The van der Waals surface area contributed by atoms with Crippen molar-refractivity contribution in [3.63, 3.8) is 0 Å². The van der Waals surface area contributed by atoms with Crippen LogP contribution in [-0.4, -0.2) is 34.8 Å². The lowest BCUT2D eigenvalue weighted by Crippen LogP contribution is -2.31. The predicted octanol–water partition coefficient (Wildman–Crippen LogP) is 2.60. The van der Waals surface area contributed by atoms with Gasteiger partial charge in [-0.15, -0.1) is 11.3 Å². The molecule has 0 amide bonds. The van der Waals surface area contributed by atoms with Gasteiger partial charge in [-0.2, -0.15) is 0 Å². The van der Waals surface area contributed by atoms with E-state index in [0.717, 1.165) is 36.7 Å². The highest BCUT2D eigenvalue weighted by Gasteiger charge is 2.49. The summed E-state index contributed by atoms with van der Waals surface area (Å²) >= 11 is 1.71. The molecule has 2 aromatic heterocycles. The van der Waals surface area contributed by atoms with Gasteiger partial charge in [-0.05, 0) is 37.1 Å². The van der Waals surface area contributed by atoms with Crippen LogP contribution in [-0.2, 0) is 0 Å². The summed E-state index contributed by atoms with van der Waals surface area (Å²) in [5.74, 6) is 2.53. The molecule has 2 atom stereocenters. The number of thiophene rings is 1. The van der Waals surface area contributed by atoms with Crippen LogP contribution in [0.15, 0.2) is 11.4 Å². The third-order valence-electron chi connectivity index (χ3n) is 5.05. The highest BCUT2D eigenvalue weighted by Crippen LogP contribution is 2.49. The summed E-state index contributed by atoms with van der Waals surface area (Å²) in [6.45, 7) is 4.24. The fourth-order valence-electron chi connectivity index (χ4n) is 4.01. The zero-order chi connectivity index (χ0) is 13.7. The SMILES string of the molecule is Cc1nc(N2C[C@@H]3CCC[C@]3(CO)C2)c2sccc2n1. The molecule has 1 saturated carbocycles. The van der Waals surface area contributed by atoms with Crippen LogP contribution in [0.2, 0.25) is 0 Å². The monoisotopic (exact) mass is 289 g/mol. The number of hydrogen-bond acceptors (Lipinski definition) is 5. The Morgan fingerprint density at radius 1 is 1.50 bits per heavy atom. The highest BCUT2D eigenvalue weighted by molar-refractivity contribution is 7.17. The van der Waals surface area contributed by atoms with Gasteiger partial charge in [-0.1, -0.05) is 6.42 Å². The minimum Gasteiger partial charge on any atom is -0.396 e. The Morgan fingerprint density at radius 2 is 2.40 bits per heavy atom. The van der Waals surface area contributed by atoms with E-state index in [1.165, 1.54) is 17.5 Å². The summed E-state index contributed by atoms with van der Waals surface area (Å²) in [5.41, 5.74) is 1.16. The lowest BCUT2D eigenvalue weighted by molar-refractivity contribution is 0.121. The van der Waals surface area contributed by atoms with Crippen molar-refractivity contribution in [3.8, 4) is 0 Å². The molecule has 1 aliphatic heterocycles. The maximum Gasteiger partial charge on any atom is 0.150 e. The van der Waals surface area contributed by atoms with Crippen molar-refractivity contribution in [1.82, 2.24) is 9.97 Å². The van der Waals surface area contributed by atoms with Crippen molar-refractivity contribution in [2.45, 2.75) is 26.2 Å². The molecule has 4 rings (SSSR count). The lowest BCUT2D eigenvalue weighted by atomic mass is 9.82. The van der Waals surface area contributed by atoms with Crippen LogP contribution in [0, 0.1) is 18.3 Å². The first kappa shape index (κ1) is 12.5. The van der Waals surface area contributed by atoms with E-state index < -0.39 is 0 Å². The van der Waals surface area contributed by atoms with E-state index in [9.17, 15) is 5.11 Å². The van der Waals surface area contributed by atoms with Crippen molar-refractivity contribution in [2.75, 3.05) is 24.6 Å². The van der Waals surface area contributed by atoms with Crippen LogP contribution in [0.4, 0.5) is 5.82 Å². The Bertz CT molecular complexity index is 656. The first-order valence-corrected chi connectivity index (χ1v) is 8.17. The zero-order valence-electron chi connectivity index (χ0n) is 11.7. The van der Waals surface area contributed by atoms with E-state index >= 15 is 0 Å². The smallest absolute Gasteiger partial charge is 0.150 e. The van der Waals surface area contributed by atoms with Gasteiger partial charge in [0.15, 0.2) is 0 Å². The predicted molar refractivity (Wildman–Crippen MR) is 81.2 cm³/mol. The van der Waals surface area contributed by atoms with Crippen molar-refractivity contribution >= 4 is 27.4 Å². The Balaban J connectivity index is 1.76. The first-order chi connectivity index (χ1) is 9.72. The van der Waals surface area contributed by atoms with E-state index in [2.05, 4.69) is 21.3 Å². The summed E-state index contributed by atoms with van der Waals surface area (Å²) in [7, 11) is 0. The number of aryl methyl sites for hydroxylation is 1. The molecular weight excluding hydrogens is 270 g/mol. The number of hydrogen-bond donors (Lipinski definition) is 1. The van der Waals surface area contributed by atoms with Crippen molar-refractivity contribution < 1.29 is 5.11 Å². The van der Waals surface area contributed by atoms with Crippen LogP contribution >= 0.6 is 11.3 Å². The minimum absolute atomic E-state index is 0.114. The fraction of sp³-hybridized carbons (Fsp3) is 0.600. The van der Waals surface area contributed by atoms with Crippen LogP contribution < -0.4 is 4.90 Å². The normalized spacial score (nSPS) is 29.3. The quantitative estimate of drug-likeness (QED) is 0.923. The number of aromatic nitrogens is 2. The van der Waals surface area contributed by atoms with Crippen LogP contribution in [0.1, 0.15) is 25.1 Å². The van der Waals surface area contributed by atoms with Crippen molar-refractivity contribution in [2.24, 2.45) is 11.3 Å². The van der Waals surface area contributed by atoms with Gasteiger partial charge in [0.1, 0.15) is 11.6 Å². The number of fused-ring (bicyclic) bond motifs is 2. The van der Waals surface area contributed by atoms with Gasteiger partial charge in [-0.3, -0.25) is 0 Å². The highest BCUT2D eigenvalue weighted by atomic mass is 32.1. The molecule has 0 spiro atoms. The fourth-order valence-corrected chi connectivity index (χ4v) is 4.86. The standard InChI is InChI=1S/C15H19N3OS/c1-10-16-12-4-6-20-13(12)14(17-10)18-7-11-3-2-5-15(11,8-18)9-19/h4,6,11,19H,2-3,5,7-9H2,1H3/t11-,15+/m0/s1. The van der Waals surface area contributed by atoms with E-state index in [1.807, 2.05) is 6.92 Å². The maximum atomic E-state index is 9.86. The summed E-state index contributed by atoms with van der Waals surface area (Å²) in [6, 6.07) is 2.07. The average Bonchev–Trinajstić information content (AvgIpc) is 3.10. The summed E-state index contributed by atoms with van der Waals surface area (Å²) in [5, 5.41) is 11.9. The van der Waals surface area contributed by atoms with E-state index in [0.29, 0.717) is 12.5 Å². The summed E-state index contributed by atoms with van der Waals surface area (Å²) < 4.78 is 1.18. The first-order valence-electron chi connectivity index (χ1n) is 7.29. The molecule has 1 saturated heterocycles. The van der Waals surface area contributed by atoms with Gasteiger partial charge < -0.3 is 10.0 Å². The Kier molecular flexibility index (Phi) is 2.76. The van der Waals surface area contributed by atoms with Crippen LogP contribution in [0.3, 0.4) is 0 Å². The molecular formula is C15H19N3OS. The molecule has 2 aliphatic rings. The molecule has 20 heavy (non-hydrogen) atoms. The average molecular weight is 289 g/mol. The molecule has 4 nitrogen and oxygen atoms in total. The van der Waals surface area contributed by atoms with Gasteiger partial charge >= 0.3 is 0 Å². The third kappa shape index (κ3) is 1.69. The molecule has 2 fully saturated rings. The second-order valence-electron chi connectivity index (χ2n) is 6.22. The molecule has 2 aromatic rings. The zero-order valence-corrected chi connectivity index (χ0v) is 12.5. The van der Waals surface area contributed by atoms with Gasteiger partial charge in [-0.25, -0.2) is 9.97 Å². The Morgan fingerprint density at radius 3 is 3.20 bits per heavy atom. The summed E-state index contributed by atoms with van der Waals surface area (Å²) in [4.78, 5) is 11.6. The number of aliphatic hydroxyl groups excluding tert-OH is 1. The molecule has 0 radical (unpaired) electrons. The maximum absolute atomic E-state index is 9.86.